The summed E-state index contributed by atoms with van der Waals surface area (Å²) in [5.41, 5.74) is 6.16. The van der Waals surface area contributed by atoms with E-state index in [1.165, 1.54) is 6.20 Å². The van der Waals surface area contributed by atoms with E-state index in [1.807, 2.05) is 17.7 Å². The van der Waals surface area contributed by atoms with Crippen LogP contribution in [0.25, 0.3) is 11.6 Å². The fourth-order valence-corrected chi connectivity index (χ4v) is 1.19. The van der Waals surface area contributed by atoms with Gasteiger partial charge in [0.2, 0.25) is 5.76 Å². The summed E-state index contributed by atoms with van der Waals surface area (Å²) in [6.07, 6.45) is 5.06. The molecular formula is C8H10N4O. The van der Waals surface area contributed by atoms with Crippen LogP contribution in [0, 0.1) is 0 Å². The molecule has 0 fully saturated rings. The van der Waals surface area contributed by atoms with Crippen molar-refractivity contribution in [3.8, 4) is 11.6 Å². The van der Waals surface area contributed by atoms with Crippen molar-refractivity contribution in [3.63, 3.8) is 0 Å². The maximum absolute atomic E-state index is 5.65. The molecule has 0 saturated carbocycles. The lowest BCUT2D eigenvalue weighted by atomic mass is 10.4. The molecule has 2 rings (SSSR count). The Labute approximate surface area is 75.2 Å². The zero-order valence-electron chi connectivity index (χ0n) is 7.27. The van der Waals surface area contributed by atoms with Crippen LogP contribution in [0.2, 0.25) is 0 Å². The van der Waals surface area contributed by atoms with E-state index in [9.17, 15) is 0 Å². The monoisotopic (exact) mass is 178 g/mol. The molecular weight excluding hydrogens is 168 g/mol. The van der Waals surface area contributed by atoms with E-state index < -0.39 is 0 Å². The molecule has 0 amide bonds. The van der Waals surface area contributed by atoms with E-state index in [2.05, 4.69) is 10.1 Å². The van der Waals surface area contributed by atoms with Crippen LogP contribution >= 0.6 is 0 Å². The van der Waals surface area contributed by atoms with Crippen LogP contribution in [0.1, 0.15) is 6.92 Å². The van der Waals surface area contributed by atoms with E-state index in [-0.39, 0.29) is 0 Å². The van der Waals surface area contributed by atoms with Crippen LogP contribution in [0.5, 0.6) is 0 Å². The number of imidazole rings is 1. The Morgan fingerprint density at radius 2 is 2.46 bits per heavy atom. The Balaban J connectivity index is 2.52. The number of nitrogen functional groups attached to an aromatic ring is 1. The summed E-state index contributed by atoms with van der Waals surface area (Å²) in [6, 6.07) is 0. The van der Waals surface area contributed by atoms with E-state index >= 15 is 0 Å². The minimum Gasteiger partial charge on any atom is -0.394 e. The highest BCUT2D eigenvalue weighted by Crippen LogP contribution is 2.23. The smallest absolute Gasteiger partial charge is 0.225 e. The van der Waals surface area contributed by atoms with Crippen molar-refractivity contribution < 1.29 is 4.52 Å². The van der Waals surface area contributed by atoms with Crippen molar-refractivity contribution in [1.82, 2.24) is 14.7 Å². The van der Waals surface area contributed by atoms with Gasteiger partial charge in [-0.25, -0.2) is 4.98 Å². The third-order valence-electron chi connectivity index (χ3n) is 1.86. The molecule has 0 aliphatic rings. The molecule has 0 radical (unpaired) electrons. The van der Waals surface area contributed by atoms with Crippen LogP contribution in [0.15, 0.2) is 23.1 Å². The fourth-order valence-electron chi connectivity index (χ4n) is 1.19. The summed E-state index contributed by atoms with van der Waals surface area (Å²) in [5.74, 6) is 1.25. The summed E-state index contributed by atoms with van der Waals surface area (Å²) in [5, 5.41) is 3.60. The van der Waals surface area contributed by atoms with Gasteiger partial charge in [0.05, 0.1) is 6.20 Å². The van der Waals surface area contributed by atoms with Gasteiger partial charge >= 0.3 is 0 Å². The Bertz CT molecular complexity index is 404. The molecule has 0 bridgehead atoms. The summed E-state index contributed by atoms with van der Waals surface area (Å²) < 4.78 is 6.93. The van der Waals surface area contributed by atoms with Crippen LogP contribution in [-0.2, 0) is 6.54 Å². The second-order valence-electron chi connectivity index (χ2n) is 2.65. The van der Waals surface area contributed by atoms with Gasteiger partial charge in [0.15, 0.2) is 5.82 Å². The van der Waals surface area contributed by atoms with E-state index in [4.69, 9.17) is 10.3 Å². The van der Waals surface area contributed by atoms with Crippen molar-refractivity contribution in [2.75, 3.05) is 5.73 Å². The molecule has 0 saturated heterocycles. The number of anilines is 1. The minimum absolute atomic E-state index is 0.515. The van der Waals surface area contributed by atoms with Crippen LogP contribution in [-0.4, -0.2) is 14.7 Å². The molecule has 0 aromatic carbocycles. The highest BCUT2D eigenvalue weighted by atomic mass is 16.5. The first-order valence-electron chi connectivity index (χ1n) is 4.04. The number of nitrogens with zero attached hydrogens (tertiary/aromatic N) is 3. The lowest BCUT2D eigenvalue weighted by molar-refractivity contribution is 0.428. The highest BCUT2D eigenvalue weighted by molar-refractivity contribution is 5.64. The van der Waals surface area contributed by atoms with E-state index in [0.29, 0.717) is 11.4 Å². The van der Waals surface area contributed by atoms with Gasteiger partial charge in [-0.2, -0.15) is 0 Å². The quantitative estimate of drug-likeness (QED) is 0.748. The van der Waals surface area contributed by atoms with Crippen molar-refractivity contribution in [1.29, 1.82) is 0 Å². The average Bonchev–Trinajstić information content (AvgIpc) is 2.71. The molecule has 68 valence electrons. The molecule has 0 aliphatic carbocycles. The predicted octanol–water partition coefficient (Wildman–Crippen LogP) is 1.14. The lowest BCUT2D eigenvalue weighted by Gasteiger charge is -2.00. The molecule has 2 aromatic rings. The van der Waals surface area contributed by atoms with Gasteiger partial charge < -0.3 is 14.8 Å². The van der Waals surface area contributed by atoms with Gasteiger partial charge in [0.25, 0.3) is 0 Å². The molecule has 5 heteroatoms. The second-order valence-corrected chi connectivity index (χ2v) is 2.65. The van der Waals surface area contributed by atoms with Gasteiger partial charge in [-0.1, -0.05) is 5.16 Å². The van der Waals surface area contributed by atoms with E-state index in [1.54, 1.807) is 6.20 Å². The Morgan fingerprint density at radius 3 is 3.08 bits per heavy atom. The van der Waals surface area contributed by atoms with Gasteiger partial charge in [-0.3, -0.25) is 0 Å². The topological polar surface area (TPSA) is 69.9 Å². The van der Waals surface area contributed by atoms with Gasteiger partial charge in [0, 0.05) is 18.9 Å². The number of hydrogen-bond donors (Lipinski definition) is 1. The zero-order chi connectivity index (χ0) is 9.26. The third kappa shape index (κ3) is 1.18. The first-order chi connectivity index (χ1) is 6.33. The molecule has 2 aromatic heterocycles. The minimum atomic E-state index is 0.515. The zero-order valence-corrected chi connectivity index (χ0v) is 7.27. The lowest BCUT2D eigenvalue weighted by Crippen LogP contribution is -1.96. The van der Waals surface area contributed by atoms with Gasteiger partial charge in [0.1, 0.15) is 5.69 Å². The summed E-state index contributed by atoms with van der Waals surface area (Å²) in [7, 11) is 0. The standard InChI is InChI=1S/C8H10N4O/c1-2-12-4-3-10-8(12)7-6(9)5-11-13-7/h3-5H,2,9H2,1H3. The van der Waals surface area contributed by atoms with Gasteiger partial charge in [-0.05, 0) is 6.92 Å². The number of rotatable bonds is 2. The highest BCUT2D eigenvalue weighted by Gasteiger charge is 2.12. The van der Waals surface area contributed by atoms with Crippen LogP contribution in [0.4, 0.5) is 5.69 Å². The predicted molar refractivity (Wildman–Crippen MR) is 47.8 cm³/mol. The van der Waals surface area contributed by atoms with Gasteiger partial charge in [-0.15, -0.1) is 0 Å². The first-order valence-corrected chi connectivity index (χ1v) is 4.04. The number of aryl methyl sites for hydroxylation is 1. The molecule has 0 aliphatic heterocycles. The third-order valence-corrected chi connectivity index (χ3v) is 1.86. The van der Waals surface area contributed by atoms with Crippen LogP contribution < -0.4 is 5.73 Å². The SMILES string of the molecule is CCn1ccnc1-c1oncc1N. The number of nitrogens with two attached hydrogens (primary N) is 1. The van der Waals surface area contributed by atoms with Crippen molar-refractivity contribution in [2.45, 2.75) is 13.5 Å². The van der Waals surface area contributed by atoms with Crippen molar-refractivity contribution >= 4 is 5.69 Å². The summed E-state index contributed by atoms with van der Waals surface area (Å²) in [4.78, 5) is 4.14. The molecule has 2 heterocycles. The van der Waals surface area contributed by atoms with Crippen LogP contribution in [0.3, 0.4) is 0 Å². The number of hydrogen-bond acceptors (Lipinski definition) is 4. The largest absolute Gasteiger partial charge is 0.394 e. The van der Waals surface area contributed by atoms with E-state index in [0.717, 1.165) is 12.4 Å². The maximum atomic E-state index is 5.65. The second kappa shape index (κ2) is 2.93. The Morgan fingerprint density at radius 1 is 1.62 bits per heavy atom. The molecule has 0 unspecified atom stereocenters. The summed E-state index contributed by atoms with van der Waals surface area (Å²) in [6.45, 7) is 2.85. The normalized spacial score (nSPS) is 10.5. The van der Waals surface area contributed by atoms with Crippen molar-refractivity contribution in [3.05, 3.63) is 18.6 Å². The Kier molecular flexibility index (Phi) is 1.77. The first kappa shape index (κ1) is 7.85. The van der Waals surface area contributed by atoms with Crippen molar-refractivity contribution in [2.24, 2.45) is 0 Å². The molecule has 2 N–H and O–H groups in total. The number of aromatic nitrogens is 3. The fraction of sp³-hybridized carbons (Fsp3) is 0.250. The average molecular weight is 178 g/mol. The Hall–Kier alpha value is -1.78. The maximum Gasteiger partial charge on any atom is 0.225 e. The molecule has 13 heavy (non-hydrogen) atoms. The molecule has 5 nitrogen and oxygen atoms in total. The molecule has 0 atom stereocenters. The summed E-state index contributed by atoms with van der Waals surface area (Å²) >= 11 is 0. The molecule has 0 spiro atoms.